The Labute approximate surface area is 197 Å². The Morgan fingerprint density at radius 3 is 2.15 bits per heavy atom. The summed E-state index contributed by atoms with van der Waals surface area (Å²) < 4.78 is 80.4. The molecule has 13 heteroatoms. The van der Waals surface area contributed by atoms with Crippen molar-refractivity contribution in [2.75, 3.05) is 0 Å². The molecule has 0 N–H and O–H groups in total. The summed E-state index contributed by atoms with van der Waals surface area (Å²) >= 11 is 0. The van der Waals surface area contributed by atoms with Crippen molar-refractivity contribution in [2.24, 2.45) is 0 Å². The van der Waals surface area contributed by atoms with Crippen molar-refractivity contribution in [3.8, 4) is 11.6 Å². The monoisotopic (exact) mass is 645 g/mol. The van der Waals surface area contributed by atoms with Gasteiger partial charge in [-0.25, -0.2) is 0 Å². The van der Waals surface area contributed by atoms with Crippen LogP contribution in [-0.4, -0.2) is 29.5 Å². The molecule has 0 radical (unpaired) electrons. The third-order valence-corrected chi connectivity index (χ3v) is 4.33. The summed E-state index contributed by atoms with van der Waals surface area (Å²) in [7, 11) is 0. The second-order valence-electron chi connectivity index (χ2n) is 6.59. The van der Waals surface area contributed by atoms with Crippen LogP contribution in [0.2, 0.25) is 0 Å². The Morgan fingerprint density at radius 1 is 0.818 bits per heavy atom. The zero-order chi connectivity index (χ0) is 22.9. The van der Waals surface area contributed by atoms with Crippen molar-refractivity contribution in [1.82, 2.24) is 29.5 Å². The average Bonchev–Trinajstić information content (AvgIpc) is 3.41. The maximum Gasteiger partial charge on any atom is 2.00 e. The SMILES string of the molecule is FC(F)(F)c1c[c-]n(-c2cccc(-n3[c-]c(CCc4ccccn4)c(C(F)(F)F)n3)n2)n1.[Pt+2]. The van der Waals surface area contributed by atoms with Gasteiger partial charge in [0.25, 0.3) is 0 Å². The van der Waals surface area contributed by atoms with Crippen molar-refractivity contribution in [3.05, 3.63) is 83.7 Å². The molecule has 0 unspecified atom stereocenters. The van der Waals surface area contributed by atoms with Crippen molar-refractivity contribution >= 4 is 0 Å². The second-order valence-corrected chi connectivity index (χ2v) is 6.59. The zero-order valence-electron chi connectivity index (χ0n) is 16.3. The summed E-state index contributed by atoms with van der Waals surface area (Å²) in [5.41, 5.74) is -1.87. The summed E-state index contributed by atoms with van der Waals surface area (Å²) in [5.74, 6) is -0.153. The standard InChI is InChI=1S/C20H12F6N6.Pt/c21-19(22,23)15-9-11-31(29-15)16-5-3-6-17(28-16)32-12-13(18(30-32)20(24,25)26)7-8-14-4-1-2-10-27-14;/h1-6,9-10H,7-8H2;/q-2;+2. The van der Waals surface area contributed by atoms with E-state index < -0.39 is 23.7 Å². The normalized spacial score (nSPS) is 11.9. The summed E-state index contributed by atoms with van der Waals surface area (Å²) in [4.78, 5) is 8.14. The molecule has 0 spiro atoms. The molecule has 0 fully saturated rings. The van der Waals surface area contributed by atoms with Crippen LogP contribution in [0.15, 0.2) is 48.7 Å². The Bertz CT molecular complexity index is 1220. The first-order chi connectivity index (χ1) is 15.1. The number of rotatable bonds is 5. The Hall–Kier alpha value is -3.01. The molecule has 174 valence electrons. The number of aromatic nitrogens is 6. The molecule has 4 aromatic heterocycles. The first-order valence-corrected chi connectivity index (χ1v) is 9.12. The maximum absolute atomic E-state index is 13.5. The number of halogens is 6. The van der Waals surface area contributed by atoms with Gasteiger partial charge in [0.1, 0.15) is 0 Å². The molecule has 33 heavy (non-hydrogen) atoms. The van der Waals surface area contributed by atoms with Gasteiger partial charge in [0.15, 0.2) is 0 Å². The molecule has 0 aliphatic rings. The van der Waals surface area contributed by atoms with Crippen LogP contribution in [0, 0.1) is 12.4 Å². The Morgan fingerprint density at radius 2 is 1.55 bits per heavy atom. The van der Waals surface area contributed by atoms with E-state index in [9.17, 15) is 26.3 Å². The first-order valence-electron chi connectivity index (χ1n) is 9.12. The molecule has 0 amide bonds. The van der Waals surface area contributed by atoms with E-state index >= 15 is 0 Å². The van der Waals surface area contributed by atoms with Gasteiger partial charge in [-0.2, -0.15) is 26.3 Å². The van der Waals surface area contributed by atoms with Gasteiger partial charge in [-0.05, 0) is 25.0 Å². The molecule has 4 aromatic rings. The minimum Gasteiger partial charge on any atom is -0.344 e. The van der Waals surface area contributed by atoms with Crippen LogP contribution in [0.4, 0.5) is 26.3 Å². The molecule has 0 aliphatic heterocycles. The maximum atomic E-state index is 13.5. The summed E-state index contributed by atoms with van der Waals surface area (Å²) in [6, 6.07) is 9.85. The number of aryl methyl sites for hydroxylation is 2. The summed E-state index contributed by atoms with van der Waals surface area (Å²) in [6.07, 6.45) is -2.79. The van der Waals surface area contributed by atoms with Crippen molar-refractivity contribution in [3.63, 3.8) is 0 Å². The third-order valence-electron chi connectivity index (χ3n) is 4.33. The third kappa shape index (κ3) is 5.68. The molecule has 0 atom stereocenters. The van der Waals surface area contributed by atoms with Gasteiger partial charge in [0.05, 0.1) is 11.4 Å². The van der Waals surface area contributed by atoms with E-state index in [0.29, 0.717) is 11.8 Å². The van der Waals surface area contributed by atoms with Crippen LogP contribution in [0.25, 0.3) is 11.6 Å². The van der Waals surface area contributed by atoms with E-state index in [1.165, 1.54) is 18.2 Å². The van der Waals surface area contributed by atoms with Crippen molar-refractivity contribution < 1.29 is 47.4 Å². The number of alkyl halides is 6. The predicted molar refractivity (Wildman–Crippen MR) is 97.8 cm³/mol. The van der Waals surface area contributed by atoms with E-state index in [-0.39, 0.29) is 51.1 Å². The molecule has 0 bridgehead atoms. The van der Waals surface area contributed by atoms with Crippen LogP contribution >= 0.6 is 0 Å². The van der Waals surface area contributed by atoms with E-state index in [0.717, 1.165) is 9.36 Å². The van der Waals surface area contributed by atoms with E-state index in [2.05, 4.69) is 32.6 Å². The average molecular weight is 645 g/mol. The van der Waals surface area contributed by atoms with E-state index in [1.807, 2.05) is 0 Å². The minimum atomic E-state index is -4.73. The van der Waals surface area contributed by atoms with Gasteiger partial charge in [-0.3, -0.25) is 15.2 Å². The molecule has 4 rings (SSSR count). The van der Waals surface area contributed by atoms with Crippen LogP contribution in [-0.2, 0) is 46.3 Å². The van der Waals surface area contributed by atoms with Gasteiger partial charge in [0, 0.05) is 23.5 Å². The molecule has 0 aromatic carbocycles. The summed E-state index contributed by atoms with van der Waals surface area (Å²) in [5, 5.41) is 6.93. The second kappa shape index (κ2) is 9.46. The summed E-state index contributed by atoms with van der Waals surface area (Å²) in [6.45, 7) is 0. The fraction of sp³-hybridized carbons (Fsp3) is 0.200. The molecule has 0 saturated heterocycles. The molecule has 4 heterocycles. The molecular weight excluding hydrogens is 633 g/mol. The predicted octanol–water partition coefficient (Wildman–Crippen LogP) is 4.27. The van der Waals surface area contributed by atoms with Crippen molar-refractivity contribution in [1.29, 1.82) is 0 Å². The van der Waals surface area contributed by atoms with Gasteiger partial charge in [0.2, 0.25) is 0 Å². The molecule has 0 aliphatic carbocycles. The minimum absolute atomic E-state index is 0. The van der Waals surface area contributed by atoms with Crippen LogP contribution in [0.3, 0.4) is 0 Å². The van der Waals surface area contributed by atoms with E-state index in [4.69, 9.17) is 0 Å². The van der Waals surface area contributed by atoms with E-state index in [1.54, 1.807) is 24.4 Å². The quantitative estimate of drug-likeness (QED) is 0.241. The number of hydrogen-bond donors (Lipinski definition) is 0. The largest absolute Gasteiger partial charge is 2.00 e. The van der Waals surface area contributed by atoms with Crippen molar-refractivity contribution in [2.45, 2.75) is 25.2 Å². The fourth-order valence-electron chi connectivity index (χ4n) is 2.87. The van der Waals surface area contributed by atoms with Crippen LogP contribution in [0.5, 0.6) is 0 Å². The number of pyridine rings is 2. The number of hydrogen-bond acceptors (Lipinski definition) is 4. The van der Waals surface area contributed by atoms with Gasteiger partial charge in [-0.1, -0.05) is 36.7 Å². The first kappa shape index (κ1) is 24.6. The Balaban J connectivity index is 0.00000306. The number of nitrogens with zero attached hydrogens (tertiary/aromatic N) is 6. The topological polar surface area (TPSA) is 61.4 Å². The molecule has 0 saturated carbocycles. The zero-order valence-corrected chi connectivity index (χ0v) is 18.6. The fourth-order valence-corrected chi connectivity index (χ4v) is 2.87. The van der Waals surface area contributed by atoms with Gasteiger partial charge < -0.3 is 14.3 Å². The molecular formula is C20H12F6N6Pt. The smallest absolute Gasteiger partial charge is 0.344 e. The van der Waals surface area contributed by atoms with Gasteiger partial charge in [-0.15, -0.1) is 11.6 Å². The van der Waals surface area contributed by atoms with Gasteiger partial charge >= 0.3 is 33.4 Å². The molecule has 6 nitrogen and oxygen atoms in total. The van der Waals surface area contributed by atoms with Crippen LogP contribution < -0.4 is 0 Å². The Kier molecular flexibility index (Phi) is 7.06. The van der Waals surface area contributed by atoms with Crippen LogP contribution in [0.1, 0.15) is 22.6 Å².